The summed E-state index contributed by atoms with van der Waals surface area (Å²) in [6.45, 7) is 0.463. The Labute approximate surface area is 119 Å². The third-order valence-corrected chi connectivity index (χ3v) is 4.24. The predicted molar refractivity (Wildman–Crippen MR) is 71.7 cm³/mol. The minimum absolute atomic E-state index is 0.0834. The van der Waals surface area contributed by atoms with Gasteiger partial charge in [-0.2, -0.15) is 0 Å². The van der Waals surface area contributed by atoms with E-state index in [1.54, 1.807) is 0 Å². The Balaban J connectivity index is 2.20. The van der Waals surface area contributed by atoms with E-state index < -0.39 is 16.9 Å². The average Bonchev–Trinajstić information content (AvgIpc) is 2.95. The predicted octanol–water partition coefficient (Wildman–Crippen LogP) is 1.82. The fraction of sp³-hybridized carbons (Fsp3) is 0.500. The van der Waals surface area contributed by atoms with Gasteiger partial charge in [-0.1, -0.05) is 11.3 Å². The Morgan fingerprint density at radius 2 is 2.20 bits per heavy atom. The van der Waals surface area contributed by atoms with E-state index in [1.165, 1.54) is 24.1 Å². The smallest absolute Gasteiger partial charge is 0.328 e. The van der Waals surface area contributed by atoms with Crippen molar-refractivity contribution in [1.82, 2.24) is 4.90 Å². The van der Waals surface area contributed by atoms with Crippen LogP contribution in [0.15, 0.2) is 12.1 Å². The van der Waals surface area contributed by atoms with Gasteiger partial charge in [-0.3, -0.25) is 14.9 Å². The van der Waals surface area contributed by atoms with Gasteiger partial charge in [0, 0.05) is 12.6 Å². The van der Waals surface area contributed by atoms with Crippen LogP contribution >= 0.6 is 11.3 Å². The molecular formula is C12H14N2O5S. The van der Waals surface area contributed by atoms with Crippen LogP contribution < -0.4 is 0 Å². The summed E-state index contributed by atoms with van der Waals surface area (Å²) in [4.78, 5) is 35.9. The highest BCUT2D eigenvalue weighted by molar-refractivity contribution is 7.17. The summed E-state index contributed by atoms with van der Waals surface area (Å²) in [5, 5.41) is 10.6. The first kappa shape index (κ1) is 14.4. The zero-order chi connectivity index (χ0) is 14.7. The Bertz CT molecular complexity index is 542. The van der Waals surface area contributed by atoms with Crippen molar-refractivity contribution in [2.75, 3.05) is 13.7 Å². The topological polar surface area (TPSA) is 89.8 Å². The van der Waals surface area contributed by atoms with Crippen LogP contribution in [0, 0.1) is 10.1 Å². The average molecular weight is 298 g/mol. The van der Waals surface area contributed by atoms with E-state index in [-0.39, 0.29) is 15.8 Å². The number of carbonyl (C=O) groups is 2. The summed E-state index contributed by atoms with van der Waals surface area (Å²) in [6, 6.07) is 2.13. The molecule has 1 fully saturated rings. The molecule has 0 radical (unpaired) electrons. The first-order chi connectivity index (χ1) is 9.54. The van der Waals surface area contributed by atoms with Gasteiger partial charge in [-0.25, -0.2) is 4.79 Å². The van der Waals surface area contributed by atoms with Crippen molar-refractivity contribution in [3.63, 3.8) is 0 Å². The molecule has 7 nitrogen and oxygen atoms in total. The molecule has 0 bridgehead atoms. The van der Waals surface area contributed by atoms with E-state index in [2.05, 4.69) is 0 Å². The fourth-order valence-electron chi connectivity index (χ4n) is 2.24. The number of nitro groups is 1. The molecule has 0 N–H and O–H groups in total. The number of esters is 1. The molecule has 0 aliphatic carbocycles. The summed E-state index contributed by atoms with van der Waals surface area (Å²) < 4.78 is 4.71. The third kappa shape index (κ3) is 2.79. The van der Waals surface area contributed by atoms with Crippen molar-refractivity contribution in [2.24, 2.45) is 0 Å². The summed E-state index contributed by atoms with van der Waals surface area (Å²) in [5.41, 5.74) is 0. The molecule has 1 amide bonds. The van der Waals surface area contributed by atoms with Crippen LogP contribution in [-0.4, -0.2) is 41.4 Å². The van der Waals surface area contributed by atoms with Gasteiger partial charge in [0.1, 0.15) is 6.04 Å². The highest BCUT2D eigenvalue weighted by Crippen LogP contribution is 2.27. The molecular weight excluding hydrogens is 284 g/mol. The van der Waals surface area contributed by atoms with E-state index in [9.17, 15) is 19.7 Å². The van der Waals surface area contributed by atoms with Crippen LogP contribution in [0.3, 0.4) is 0 Å². The normalized spacial score (nSPS) is 18.6. The van der Waals surface area contributed by atoms with E-state index in [0.29, 0.717) is 13.0 Å². The van der Waals surface area contributed by atoms with Gasteiger partial charge >= 0.3 is 11.0 Å². The lowest BCUT2D eigenvalue weighted by molar-refractivity contribution is -0.380. The van der Waals surface area contributed by atoms with Crippen LogP contribution in [-0.2, 0) is 9.53 Å². The minimum Gasteiger partial charge on any atom is -0.467 e. The fourth-order valence-corrected chi connectivity index (χ4v) is 3.01. The summed E-state index contributed by atoms with van der Waals surface area (Å²) in [7, 11) is 1.29. The SMILES string of the molecule is COC(=O)C1CCCCN1C(=O)c1ccc([N+](=O)[O-])s1. The highest BCUT2D eigenvalue weighted by atomic mass is 32.1. The number of rotatable bonds is 3. The van der Waals surface area contributed by atoms with Gasteiger partial charge in [-0.05, 0) is 25.3 Å². The molecule has 0 aromatic carbocycles. The summed E-state index contributed by atoms with van der Waals surface area (Å²) >= 11 is 0.822. The van der Waals surface area contributed by atoms with Gasteiger partial charge in [-0.15, -0.1) is 0 Å². The van der Waals surface area contributed by atoms with Crippen molar-refractivity contribution >= 4 is 28.2 Å². The maximum absolute atomic E-state index is 12.4. The summed E-state index contributed by atoms with van der Waals surface area (Å²) in [6.07, 6.45) is 2.23. The lowest BCUT2D eigenvalue weighted by Crippen LogP contribution is -2.48. The second-order valence-corrected chi connectivity index (χ2v) is 5.49. The molecule has 1 unspecified atom stereocenters. The van der Waals surface area contributed by atoms with Crippen molar-refractivity contribution < 1.29 is 19.2 Å². The Hall–Kier alpha value is -1.96. The largest absolute Gasteiger partial charge is 0.467 e. The molecule has 1 saturated heterocycles. The van der Waals surface area contributed by atoms with Gasteiger partial charge in [0.2, 0.25) is 0 Å². The van der Waals surface area contributed by atoms with Crippen molar-refractivity contribution in [2.45, 2.75) is 25.3 Å². The van der Waals surface area contributed by atoms with Gasteiger partial charge in [0.05, 0.1) is 16.9 Å². The number of likely N-dealkylation sites (tertiary alicyclic amines) is 1. The first-order valence-corrected chi connectivity index (χ1v) is 6.99. The minimum atomic E-state index is -0.595. The van der Waals surface area contributed by atoms with Crippen molar-refractivity contribution in [3.05, 3.63) is 27.1 Å². The number of nitrogens with zero attached hydrogens (tertiary/aromatic N) is 2. The Morgan fingerprint density at radius 1 is 1.45 bits per heavy atom. The first-order valence-electron chi connectivity index (χ1n) is 6.17. The van der Waals surface area contributed by atoms with Crippen LogP contribution in [0.1, 0.15) is 28.9 Å². The number of carbonyl (C=O) groups excluding carboxylic acids is 2. The summed E-state index contributed by atoms with van der Waals surface area (Å²) in [5.74, 6) is -0.790. The molecule has 108 valence electrons. The number of methoxy groups -OCH3 is 1. The number of piperidine rings is 1. The lowest BCUT2D eigenvalue weighted by Gasteiger charge is -2.33. The monoisotopic (exact) mass is 298 g/mol. The molecule has 1 aromatic heterocycles. The molecule has 0 spiro atoms. The molecule has 1 atom stereocenters. The van der Waals surface area contributed by atoms with Crippen molar-refractivity contribution in [3.8, 4) is 0 Å². The number of amides is 1. The number of hydrogen-bond donors (Lipinski definition) is 0. The zero-order valence-corrected chi connectivity index (χ0v) is 11.7. The van der Waals surface area contributed by atoms with E-state index in [0.717, 1.165) is 24.2 Å². The number of ether oxygens (including phenoxy) is 1. The maximum atomic E-state index is 12.4. The number of thiophene rings is 1. The Kier molecular flexibility index (Phi) is 4.33. The molecule has 1 aliphatic heterocycles. The molecule has 2 rings (SSSR count). The second kappa shape index (κ2) is 6.00. The van der Waals surface area contributed by atoms with Gasteiger partial charge in [0.15, 0.2) is 0 Å². The molecule has 8 heteroatoms. The van der Waals surface area contributed by atoms with Crippen LogP contribution in [0.5, 0.6) is 0 Å². The number of hydrogen-bond acceptors (Lipinski definition) is 6. The van der Waals surface area contributed by atoms with Gasteiger partial charge in [0.25, 0.3) is 5.91 Å². The third-order valence-electron chi connectivity index (χ3n) is 3.22. The highest BCUT2D eigenvalue weighted by Gasteiger charge is 2.34. The zero-order valence-electron chi connectivity index (χ0n) is 10.9. The molecule has 0 saturated carbocycles. The van der Waals surface area contributed by atoms with Crippen LogP contribution in [0.25, 0.3) is 0 Å². The van der Waals surface area contributed by atoms with E-state index in [4.69, 9.17) is 4.74 Å². The quantitative estimate of drug-likeness (QED) is 0.482. The van der Waals surface area contributed by atoms with Crippen molar-refractivity contribution in [1.29, 1.82) is 0 Å². The Morgan fingerprint density at radius 3 is 2.80 bits per heavy atom. The molecule has 1 aliphatic rings. The lowest BCUT2D eigenvalue weighted by atomic mass is 10.0. The van der Waals surface area contributed by atoms with Gasteiger partial charge < -0.3 is 9.64 Å². The maximum Gasteiger partial charge on any atom is 0.328 e. The van der Waals surface area contributed by atoms with Crippen LogP contribution in [0.2, 0.25) is 0 Å². The molecule has 1 aromatic rings. The van der Waals surface area contributed by atoms with E-state index >= 15 is 0 Å². The molecule has 2 heterocycles. The standard InChI is InChI=1S/C12H14N2O5S/c1-19-12(16)8-4-2-3-7-13(8)11(15)9-5-6-10(20-9)14(17)18/h5-6,8H,2-4,7H2,1H3. The van der Waals surface area contributed by atoms with Crippen LogP contribution in [0.4, 0.5) is 5.00 Å². The molecule has 20 heavy (non-hydrogen) atoms. The van der Waals surface area contributed by atoms with E-state index in [1.807, 2.05) is 0 Å². The second-order valence-electron chi connectivity index (χ2n) is 4.43.